The van der Waals surface area contributed by atoms with E-state index in [2.05, 4.69) is 14.7 Å². The van der Waals surface area contributed by atoms with Gasteiger partial charge in [-0.1, -0.05) is 0 Å². The van der Waals surface area contributed by atoms with Gasteiger partial charge in [0.2, 0.25) is 10.8 Å². The molecule has 110 valence electrons. The first-order valence-electron chi connectivity index (χ1n) is 6.67. The van der Waals surface area contributed by atoms with Gasteiger partial charge in [0, 0.05) is 37.6 Å². The number of hydrogen-bond acceptors (Lipinski definition) is 6. The number of rotatable bonds is 5. The normalized spacial score (nSPS) is 26.0. The van der Waals surface area contributed by atoms with E-state index in [4.69, 9.17) is 4.74 Å². The molecule has 1 amide bonds. The number of methoxy groups -OCH3 is 1. The number of ether oxygens (including phenoxy) is 1. The summed E-state index contributed by atoms with van der Waals surface area (Å²) in [6.45, 7) is 0.872. The van der Waals surface area contributed by atoms with Gasteiger partial charge in [-0.2, -0.15) is 4.37 Å². The minimum Gasteiger partial charge on any atom is -0.377 e. The first-order chi connectivity index (χ1) is 9.60. The summed E-state index contributed by atoms with van der Waals surface area (Å²) in [5.74, 6) is 0.107. The molecule has 1 saturated heterocycles. The molecule has 1 unspecified atom stereocenters. The fourth-order valence-corrected chi connectivity index (χ4v) is 2.92. The van der Waals surface area contributed by atoms with Crippen molar-refractivity contribution in [3.63, 3.8) is 0 Å². The summed E-state index contributed by atoms with van der Waals surface area (Å²) in [5, 5.41) is 3.39. The minimum absolute atomic E-state index is 0.0488. The molecule has 8 heteroatoms. The van der Waals surface area contributed by atoms with Gasteiger partial charge in [0.25, 0.3) is 5.91 Å². The fraction of sp³-hybridized carbons (Fsp3) is 0.750. The molecule has 0 spiro atoms. The van der Waals surface area contributed by atoms with Crippen molar-refractivity contribution in [2.75, 3.05) is 25.1 Å². The van der Waals surface area contributed by atoms with Gasteiger partial charge in [0.15, 0.2) is 5.82 Å². The highest BCUT2D eigenvalue weighted by Crippen LogP contribution is 2.32. The Labute approximate surface area is 120 Å². The van der Waals surface area contributed by atoms with Crippen molar-refractivity contribution in [3.8, 4) is 0 Å². The van der Waals surface area contributed by atoms with E-state index in [1.165, 1.54) is 11.5 Å². The zero-order valence-corrected chi connectivity index (χ0v) is 12.1. The van der Waals surface area contributed by atoms with Crippen molar-refractivity contribution in [1.82, 2.24) is 14.7 Å². The molecule has 2 fully saturated rings. The van der Waals surface area contributed by atoms with Gasteiger partial charge in [0.05, 0.1) is 6.54 Å². The Morgan fingerprint density at radius 1 is 1.65 bits per heavy atom. The summed E-state index contributed by atoms with van der Waals surface area (Å²) in [4.78, 5) is 18.0. The molecular weight excluding hydrogens is 283 g/mol. The number of hydrogen-bond donors (Lipinski definition) is 1. The lowest BCUT2D eigenvalue weighted by atomic mass is 10.1. The zero-order valence-electron chi connectivity index (χ0n) is 11.3. The third-order valence-corrected chi connectivity index (χ3v) is 4.36. The van der Waals surface area contributed by atoms with E-state index in [1.807, 2.05) is 0 Å². The third-order valence-electron chi connectivity index (χ3n) is 3.54. The number of amides is 1. The molecule has 2 aliphatic rings. The van der Waals surface area contributed by atoms with Crippen LogP contribution in [-0.4, -0.2) is 47.2 Å². The SMILES string of the molecule is COCc1nsc(N2CCC(F)(C(=O)NC3CC3)C2)n1. The van der Waals surface area contributed by atoms with E-state index in [-0.39, 0.29) is 19.0 Å². The molecular formula is C12H17FN4O2S. The second-order valence-electron chi connectivity index (χ2n) is 5.31. The molecule has 2 heterocycles. The van der Waals surface area contributed by atoms with Gasteiger partial charge in [-0.25, -0.2) is 9.37 Å². The minimum atomic E-state index is -1.81. The van der Waals surface area contributed by atoms with Crippen molar-refractivity contribution < 1.29 is 13.9 Å². The number of halogens is 1. The van der Waals surface area contributed by atoms with E-state index in [9.17, 15) is 9.18 Å². The number of carbonyl (C=O) groups excluding carboxylic acids is 1. The summed E-state index contributed by atoms with van der Waals surface area (Å²) in [6.07, 6.45) is 2.12. The van der Waals surface area contributed by atoms with Gasteiger partial charge >= 0.3 is 0 Å². The maximum absolute atomic E-state index is 14.7. The lowest BCUT2D eigenvalue weighted by molar-refractivity contribution is -0.131. The highest BCUT2D eigenvalue weighted by Gasteiger charge is 2.47. The monoisotopic (exact) mass is 300 g/mol. The van der Waals surface area contributed by atoms with Crippen LogP contribution in [0, 0.1) is 0 Å². The van der Waals surface area contributed by atoms with Crippen LogP contribution in [0.2, 0.25) is 0 Å². The predicted octanol–water partition coefficient (Wildman–Crippen LogP) is 0.881. The number of nitrogens with zero attached hydrogens (tertiary/aromatic N) is 3. The summed E-state index contributed by atoms with van der Waals surface area (Å²) in [5.41, 5.74) is -1.81. The van der Waals surface area contributed by atoms with Crippen LogP contribution in [0.4, 0.5) is 9.52 Å². The number of aromatic nitrogens is 2. The van der Waals surface area contributed by atoms with E-state index in [0.29, 0.717) is 24.1 Å². The Hall–Kier alpha value is -1.28. The first-order valence-corrected chi connectivity index (χ1v) is 7.44. The maximum Gasteiger partial charge on any atom is 0.259 e. The lowest BCUT2D eigenvalue weighted by Gasteiger charge is -2.19. The van der Waals surface area contributed by atoms with Crippen molar-refractivity contribution >= 4 is 22.6 Å². The highest BCUT2D eigenvalue weighted by atomic mass is 32.1. The molecule has 0 aromatic carbocycles. The topological polar surface area (TPSA) is 67.3 Å². The number of nitrogens with one attached hydrogen (secondary N) is 1. The van der Waals surface area contributed by atoms with Crippen LogP contribution in [0.3, 0.4) is 0 Å². The van der Waals surface area contributed by atoms with Crippen LogP contribution >= 0.6 is 11.5 Å². The Morgan fingerprint density at radius 2 is 2.45 bits per heavy atom. The van der Waals surface area contributed by atoms with Crippen LogP contribution in [0.25, 0.3) is 0 Å². The van der Waals surface area contributed by atoms with Crippen LogP contribution in [0.5, 0.6) is 0 Å². The van der Waals surface area contributed by atoms with E-state index in [0.717, 1.165) is 12.8 Å². The Balaban J connectivity index is 1.63. The third kappa shape index (κ3) is 2.76. The standard InChI is InChI=1S/C12H17FN4O2S/c1-19-6-9-15-11(20-16-9)17-5-4-12(13,7-17)10(18)14-8-2-3-8/h8H,2-7H2,1H3,(H,14,18). The molecule has 1 aliphatic carbocycles. The van der Waals surface area contributed by atoms with Crippen LogP contribution in [0.1, 0.15) is 25.1 Å². The molecule has 6 nitrogen and oxygen atoms in total. The van der Waals surface area contributed by atoms with Gasteiger partial charge in [-0.15, -0.1) is 0 Å². The van der Waals surface area contributed by atoms with Gasteiger partial charge < -0.3 is 15.0 Å². The second kappa shape index (κ2) is 5.25. The van der Waals surface area contributed by atoms with Gasteiger partial charge in [0.1, 0.15) is 6.61 Å². The Bertz CT molecular complexity index is 507. The molecule has 0 bridgehead atoms. The first kappa shape index (κ1) is 13.7. The van der Waals surface area contributed by atoms with Crippen molar-refractivity contribution in [1.29, 1.82) is 0 Å². The maximum atomic E-state index is 14.7. The van der Waals surface area contributed by atoms with Crippen molar-refractivity contribution in [2.24, 2.45) is 0 Å². The molecule has 1 aliphatic heterocycles. The Morgan fingerprint density at radius 3 is 3.15 bits per heavy atom. The van der Waals surface area contributed by atoms with Gasteiger partial charge in [-0.05, 0) is 12.8 Å². The summed E-state index contributed by atoms with van der Waals surface area (Å²) >= 11 is 1.21. The van der Waals surface area contributed by atoms with Crippen LogP contribution < -0.4 is 10.2 Å². The quantitative estimate of drug-likeness (QED) is 0.874. The second-order valence-corrected chi connectivity index (χ2v) is 6.04. The molecule has 1 aromatic heterocycles. The number of alkyl halides is 1. The highest BCUT2D eigenvalue weighted by molar-refractivity contribution is 7.09. The number of carbonyl (C=O) groups is 1. The van der Waals surface area contributed by atoms with Crippen molar-refractivity contribution in [3.05, 3.63) is 5.82 Å². The molecule has 1 N–H and O–H groups in total. The van der Waals surface area contributed by atoms with Gasteiger partial charge in [-0.3, -0.25) is 4.79 Å². The van der Waals surface area contributed by atoms with Crippen LogP contribution in [-0.2, 0) is 16.1 Å². The molecule has 1 aromatic rings. The molecule has 20 heavy (non-hydrogen) atoms. The molecule has 3 rings (SSSR count). The number of anilines is 1. The Kier molecular flexibility index (Phi) is 3.59. The smallest absolute Gasteiger partial charge is 0.259 e. The molecule has 0 radical (unpaired) electrons. The van der Waals surface area contributed by atoms with E-state index in [1.54, 1.807) is 12.0 Å². The average Bonchev–Trinajstić information content (AvgIpc) is 2.96. The summed E-state index contributed by atoms with van der Waals surface area (Å²) in [7, 11) is 1.57. The van der Waals surface area contributed by atoms with Crippen molar-refractivity contribution in [2.45, 2.75) is 37.6 Å². The molecule has 1 saturated carbocycles. The lowest BCUT2D eigenvalue weighted by Crippen LogP contribution is -2.46. The summed E-state index contributed by atoms with van der Waals surface area (Å²) in [6, 6.07) is 0.180. The summed E-state index contributed by atoms with van der Waals surface area (Å²) < 4.78 is 23.8. The largest absolute Gasteiger partial charge is 0.377 e. The van der Waals surface area contributed by atoms with E-state index < -0.39 is 11.6 Å². The average molecular weight is 300 g/mol. The molecule has 1 atom stereocenters. The predicted molar refractivity (Wildman–Crippen MR) is 72.5 cm³/mol. The van der Waals surface area contributed by atoms with E-state index >= 15 is 0 Å². The fourth-order valence-electron chi connectivity index (χ4n) is 2.22. The van der Waals surface area contributed by atoms with Crippen LogP contribution in [0.15, 0.2) is 0 Å². The zero-order chi connectivity index (χ0) is 14.2.